The van der Waals surface area contributed by atoms with Gasteiger partial charge in [0.15, 0.2) is 5.82 Å². The van der Waals surface area contributed by atoms with E-state index in [0.29, 0.717) is 12.4 Å². The Hall–Kier alpha value is -2.04. The summed E-state index contributed by atoms with van der Waals surface area (Å²) in [6, 6.07) is 7.72. The number of ether oxygens (including phenoxy) is 1. The van der Waals surface area contributed by atoms with Crippen molar-refractivity contribution < 1.29 is 9.53 Å². The third-order valence-corrected chi connectivity index (χ3v) is 2.18. The molecule has 0 unspecified atom stereocenters. The van der Waals surface area contributed by atoms with Gasteiger partial charge >= 0.3 is 5.97 Å². The SMILES string of the molecule is CCOC(=O)CNc1n[nH]c2ccccc12. The van der Waals surface area contributed by atoms with Crippen molar-refractivity contribution in [3.8, 4) is 0 Å². The molecule has 5 nitrogen and oxygen atoms in total. The first-order valence-corrected chi connectivity index (χ1v) is 5.14. The zero-order valence-electron chi connectivity index (χ0n) is 8.99. The number of anilines is 1. The van der Waals surface area contributed by atoms with Crippen LogP contribution >= 0.6 is 0 Å². The van der Waals surface area contributed by atoms with Crippen LogP contribution < -0.4 is 5.32 Å². The van der Waals surface area contributed by atoms with Crippen LogP contribution in [0.3, 0.4) is 0 Å². The fourth-order valence-electron chi connectivity index (χ4n) is 1.47. The fraction of sp³-hybridized carbons (Fsp3) is 0.273. The van der Waals surface area contributed by atoms with E-state index in [2.05, 4.69) is 15.5 Å². The summed E-state index contributed by atoms with van der Waals surface area (Å²) in [5.74, 6) is 0.387. The van der Waals surface area contributed by atoms with Gasteiger partial charge in [-0.2, -0.15) is 5.10 Å². The number of esters is 1. The summed E-state index contributed by atoms with van der Waals surface area (Å²) >= 11 is 0. The molecule has 0 aliphatic carbocycles. The molecule has 1 aromatic heterocycles. The monoisotopic (exact) mass is 219 g/mol. The van der Waals surface area contributed by atoms with Gasteiger partial charge in [0, 0.05) is 5.39 Å². The second-order valence-corrected chi connectivity index (χ2v) is 3.28. The van der Waals surface area contributed by atoms with Crippen molar-refractivity contribution in [2.45, 2.75) is 6.92 Å². The van der Waals surface area contributed by atoms with E-state index in [1.54, 1.807) is 6.92 Å². The molecule has 16 heavy (non-hydrogen) atoms. The van der Waals surface area contributed by atoms with Crippen LogP contribution in [0.1, 0.15) is 6.92 Å². The highest BCUT2D eigenvalue weighted by Gasteiger charge is 2.06. The van der Waals surface area contributed by atoms with E-state index >= 15 is 0 Å². The third kappa shape index (κ3) is 2.13. The van der Waals surface area contributed by atoms with Crippen LogP contribution in [0.4, 0.5) is 5.82 Å². The Balaban J connectivity index is 2.07. The van der Waals surface area contributed by atoms with Crippen LogP contribution in [0.2, 0.25) is 0 Å². The number of aromatic amines is 1. The van der Waals surface area contributed by atoms with Crippen molar-refractivity contribution in [3.05, 3.63) is 24.3 Å². The molecular weight excluding hydrogens is 206 g/mol. The van der Waals surface area contributed by atoms with Gasteiger partial charge in [-0.3, -0.25) is 9.89 Å². The Bertz CT molecular complexity index is 493. The highest BCUT2D eigenvalue weighted by molar-refractivity contribution is 5.90. The van der Waals surface area contributed by atoms with Gasteiger partial charge in [0.1, 0.15) is 6.54 Å². The molecule has 5 heteroatoms. The Morgan fingerprint density at radius 3 is 3.12 bits per heavy atom. The van der Waals surface area contributed by atoms with E-state index in [4.69, 9.17) is 4.74 Å². The van der Waals surface area contributed by atoms with E-state index in [1.165, 1.54) is 0 Å². The van der Waals surface area contributed by atoms with Crippen LogP contribution in [0.5, 0.6) is 0 Å². The lowest BCUT2D eigenvalue weighted by molar-refractivity contribution is -0.140. The molecule has 1 aromatic carbocycles. The minimum atomic E-state index is -0.283. The topological polar surface area (TPSA) is 67.0 Å². The molecule has 0 aliphatic heterocycles. The molecular formula is C11H13N3O2. The number of hydrogen-bond acceptors (Lipinski definition) is 4. The number of hydrogen-bond donors (Lipinski definition) is 2. The van der Waals surface area contributed by atoms with Crippen LogP contribution in [-0.2, 0) is 9.53 Å². The maximum absolute atomic E-state index is 11.2. The molecule has 2 rings (SSSR count). The van der Waals surface area contributed by atoms with Gasteiger partial charge in [-0.05, 0) is 19.1 Å². The summed E-state index contributed by atoms with van der Waals surface area (Å²) in [6.45, 7) is 2.30. The third-order valence-electron chi connectivity index (χ3n) is 2.18. The molecule has 2 N–H and O–H groups in total. The minimum absolute atomic E-state index is 0.128. The summed E-state index contributed by atoms with van der Waals surface area (Å²) < 4.78 is 4.81. The van der Waals surface area contributed by atoms with Gasteiger partial charge in [-0.15, -0.1) is 0 Å². The van der Waals surface area contributed by atoms with Gasteiger partial charge in [-0.1, -0.05) is 12.1 Å². The second-order valence-electron chi connectivity index (χ2n) is 3.28. The molecule has 1 heterocycles. The highest BCUT2D eigenvalue weighted by atomic mass is 16.5. The van der Waals surface area contributed by atoms with Crippen LogP contribution in [0.25, 0.3) is 10.9 Å². The van der Waals surface area contributed by atoms with Crippen molar-refractivity contribution in [2.24, 2.45) is 0 Å². The van der Waals surface area contributed by atoms with Gasteiger partial charge in [0.2, 0.25) is 0 Å². The van der Waals surface area contributed by atoms with Crippen LogP contribution in [0.15, 0.2) is 24.3 Å². The van der Waals surface area contributed by atoms with Crippen molar-refractivity contribution in [2.75, 3.05) is 18.5 Å². The van der Waals surface area contributed by atoms with Crippen LogP contribution in [-0.4, -0.2) is 29.3 Å². The fourth-order valence-corrected chi connectivity index (χ4v) is 1.47. The lowest BCUT2D eigenvalue weighted by Gasteiger charge is -2.02. The molecule has 0 amide bonds. The number of carbonyl (C=O) groups is 1. The number of rotatable bonds is 4. The predicted octanol–water partition coefficient (Wildman–Crippen LogP) is 1.54. The standard InChI is InChI=1S/C11H13N3O2/c1-2-16-10(15)7-12-11-8-5-3-4-6-9(8)13-14-11/h3-6H,2,7H2,1H3,(H2,12,13,14). The molecule has 0 saturated carbocycles. The lowest BCUT2D eigenvalue weighted by Crippen LogP contribution is -2.16. The number of nitrogens with zero attached hydrogens (tertiary/aromatic N) is 1. The molecule has 84 valence electrons. The lowest BCUT2D eigenvalue weighted by atomic mass is 10.2. The molecule has 0 spiro atoms. The molecule has 0 radical (unpaired) electrons. The minimum Gasteiger partial charge on any atom is -0.465 e. The summed E-state index contributed by atoms with van der Waals surface area (Å²) in [5, 5.41) is 10.9. The number of aromatic nitrogens is 2. The Labute approximate surface area is 92.8 Å². The predicted molar refractivity (Wildman–Crippen MR) is 61.2 cm³/mol. The van der Waals surface area contributed by atoms with Gasteiger partial charge < -0.3 is 10.1 Å². The summed E-state index contributed by atoms with van der Waals surface area (Å²) in [5.41, 5.74) is 0.939. The summed E-state index contributed by atoms with van der Waals surface area (Å²) in [7, 11) is 0. The van der Waals surface area contributed by atoms with Crippen LogP contribution in [0, 0.1) is 0 Å². The normalized spacial score (nSPS) is 10.3. The molecule has 0 aliphatic rings. The quantitative estimate of drug-likeness (QED) is 0.765. The van der Waals surface area contributed by atoms with E-state index < -0.39 is 0 Å². The zero-order chi connectivity index (χ0) is 11.4. The number of fused-ring (bicyclic) bond motifs is 1. The second kappa shape index (κ2) is 4.65. The molecule has 0 saturated heterocycles. The largest absolute Gasteiger partial charge is 0.465 e. The summed E-state index contributed by atoms with van der Waals surface area (Å²) in [4.78, 5) is 11.2. The molecule has 0 atom stereocenters. The van der Waals surface area contributed by atoms with E-state index in [9.17, 15) is 4.79 Å². The van der Waals surface area contributed by atoms with Crippen molar-refractivity contribution in [1.29, 1.82) is 0 Å². The first-order chi connectivity index (χ1) is 7.81. The number of carbonyl (C=O) groups excluding carboxylic acids is 1. The molecule has 2 aromatic rings. The van der Waals surface area contributed by atoms with E-state index in [-0.39, 0.29) is 12.5 Å². The van der Waals surface area contributed by atoms with Crippen molar-refractivity contribution in [1.82, 2.24) is 10.2 Å². The number of para-hydroxylation sites is 1. The van der Waals surface area contributed by atoms with Crippen molar-refractivity contribution in [3.63, 3.8) is 0 Å². The molecule has 0 fully saturated rings. The number of benzene rings is 1. The van der Waals surface area contributed by atoms with Gasteiger partial charge in [-0.25, -0.2) is 0 Å². The van der Waals surface area contributed by atoms with E-state index in [1.807, 2.05) is 24.3 Å². The first kappa shape index (κ1) is 10.5. The number of H-pyrrole nitrogens is 1. The maximum atomic E-state index is 11.2. The highest BCUT2D eigenvalue weighted by Crippen LogP contribution is 2.18. The van der Waals surface area contributed by atoms with E-state index in [0.717, 1.165) is 10.9 Å². The van der Waals surface area contributed by atoms with Gasteiger partial charge in [0.25, 0.3) is 0 Å². The average Bonchev–Trinajstić information content (AvgIpc) is 2.70. The Kier molecular flexibility index (Phi) is 3.05. The smallest absolute Gasteiger partial charge is 0.325 e. The average molecular weight is 219 g/mol. The maximum Gasteiger partial charge on any atom is 0.325 e. The Morgan fingerprint density at radius 1 is 1.50 bits per heavy atom. The summed E-state index contributed by atoms with van der Waals surface area (Å²) in [6.07, 6.45) is 0. The first-order valence-electron chi connectivity index (χ1n) is 5.14. The number of nitrogens with one attached hydrogen (secondary N) is 2. The van der Waals surface area contributed by atoms with Gasteiger partial charge in [0.05, 0.1) is 12.1 Å². The molecule has 0 bridgehead atoms. The van der Waals surface area contributed by atoms with Crippen molar-refractivity contribution >= 4 is 22.7 Å². The zero-order valence-corrected chi connectivity index (χ0v) is 8.99. The Morgan fingerprint density at radius 2 is 2.31 bits per heavy atom.